The molecule has 0 aliphatic carbocycles. The number of hydrogen-bond acceptors (Lipinski definition) is 3. The second-order valence-electron chi connectivity index (χ2n) is 2.16. The third-order valence-corrected chi connectivity index (χ3v) is 3.28. The molecule has 2 aliphatic heterocycles. The van der Waals surface area contributed by atoms with E-state index in [4.69, 9.17) is 0 Å². The Morgan fingerprint density at radius 1 is 1.50 bits per heavy atom. The standard InChI is InChI=1S/C6H5N2S.Al/c1-2-8-6-4-9-3-5(6)7-1;/h1-5H;. The Balaban J connectivity index is 2.30. The van der Waals surface area contributed by atoms with Crippen LogP contribution in [0, 0.1) is 0 Å². The van der Waals surface area contributed by atoms with E-state index >= 15 is 0 Å². The third kappa shape index (κ3) is 0.969. The maximum Gasteiger partial charge on any atom is 0.146 e. The molecule has 2 unspecified atom stereocenters. The van der Waals surface area contributed by atoms with E-state index in [1.54, 1.807) is 24.2 Å². The molecular weight excluding hydrogens is 159 g/mol. The summed E-state index contributed by atoms with van der Waals surface area (Å²) < 4.78 is 0.490. The van der Waals surface area contributed by atoms with E-state index in [0.717, 1.165) is 5.70 Å². The summed E-state index contributed by atoms with van der Waals surface area (Å²) in [7, 11) is 0. The molecule has 4 heteroatoms. The van der Waals surface area contributed by atoms with Gasteiger partial charge in [-0.15, -0.1) is 11.8 Å². The van der Waals surface area contributed by atoms with Gasteiger partial charge in [0.25, 0.3) is 0 Å². The van der Waals surface area contributed by atoms with Gasteiger partial charge in [-0.05, 0) is 9.52 Å². The highest BCUT2D eigenvalue weighted by atomic mass is 32.2. The molecule has 0 saturated carbocycles. The molecule has 2 heterocycles. The van der Waals surface area contributed by atoms with Crippen molar-refractivity contribution in [3.63, 3.8) is 0 Å². The topological polar surface area (TPSA) is 24.7 Å². The van der Waals surface area contributed by atoms with Crippen molar-refractivity contribution in [1.29, 1.82) is 0 Å². The second kappa shape index (κ2) is 2.54. The average molecular weight is 164 g/mol. The lowest BCUT2D eigenvalue weighted by Crippen LogP contribution is -2.20. The van der Waals surface area contributed by atoms with Crippen LogP contribution in [0.2, 0.25) is 0 Å². The minimum atomic E-state index is 0.292. The normalized spacial score (nSPS) is 35.8. The Morgan fingerprint density at radius 3 is 3.20 bits per heavy atom. The van der Waals surface area contributed by atoms with Gasteiger partial charge in [0.1, 0.15) is 16.3 Å². The molecule has 2 radical (unpaired) electrons. The first-order chi connectivity index (χ1) is 4.88. The number of aliphatic imine (C=N–C) groups is 2. The summed E-state index contributed by atoms with van der Waals surface area (Å²) in [4.78, 5) is 8.48. The lowest BCUT2D eigenvalue weighted by molar-refractivity contribution is 0.844. The SMILES string of the molecule is [Al][CH]1SC=C2N=CC=NC21. The summed E-state index contributed by atoms with van der Waals surface area (Å²) >= 11 is 4.54. The van der Waals surface area contributed by atoms with E-state index < -0.39 is 0 Å². The van der Waals surface area contributed by atoms with E-state index in [1.807, 2.05) is 0 Å². The molecule has 0 fully saturated rings. The molecule has 2 atom stereocenters. The van der Waals surface area contributed by atoms with Gasteiger partial charge in [0.2, 0.25) is 0 Å². The molecule has 10 heavy (non-hydrogen) atoms. The van der Waals surface area contributed by atoms with Crippen LogP contribution in [-0.4, -0.2) is 38.9 Å². The summed E-state index contributed by atoms with van der Waals surface area (Å²) in [5.74, 6) is 0. The predicted molar refractivity (Wildman–Crippen MR) is 46.0 cm³/mol. The van der Waals surface area contributed by atoms with Crippen LogP contribution in [0.4, 0.5) is 0 Å². The molecule has 0 bridgehead atoms. The number of rotatable bonds is 0. The van der Waals surface area contributed by atoms with Crippen LogP contribution in [0.5, 0.6) is 0 Å². The van der Waals surface area contributed by atoms with Crippen molar-refractivity contribution in [3.8, 4) is 0 Å². The van der Waals surface area contributed by atoms with Crippen molar-refractivity contribution in [2.45, 2.75) is 10.2 Å². The first kappa shape index (κ1) is 6.66. The first-order valence-corrected chi connectivity index (χ1v) is 4.66. The minimum absolute atomic E-state index is 0.292. The summed E-state index contributed by atoms with van der Waals surface area (Å²) in [5.41, 5.74) is 1.10. The fraction of sp³-hybridized carbons (Fsp3) is 0.333. The Morgan fingerprint density at radius 2 is 2.40 bits per heavy atom. The van der Waals surface area contributed by atoms with Gasteiger partial charge in [-0.1, -0.05) is 0 Å². The van der Waals surface area contributed by atoms with Crippen molar-refractivity contribution in [2.24, 2.45) is 9.98 Å². The lowest BCUT2D eigenvalue weighted by Gasteiger charge is -2.13. The molecular formula is C6H5AlN2S. The second-order valence-corrected chi connectivity index (χ2v) is 4.42. The van der Waals surface area contributed by atoms with Gasteiger partial charge in [0.05, 0.1) is 11.7 Å². The monoisotopic (exact) mass is 164 g/mol. The molecule has 48 valence electrons. The summed E-state index contributed by atoms with van der Waals surface area (Å²) in [6, 6.07) is 0.292. The molecule has 2 aliphatic rings. The zero-order valence-corrected chi connectivity index (χ0v) is 7.24. The molecule has 0 spiro atoms. The molecule has 2 nitrogen and oxygen atoms in total. The minimum Gasteiger partial charge on any atom is -0.282 e. The van der Waals surface area contributed by atoms with Crippen LogP contribution in [0.1, 0.15) is 0 Å². The maximum atomic E-state index is 4.29. The average Bonchev–Trinajstić information content (AvgIpc) is 2.34. The lowest BCUT2D eigenvalue weighted by atomic mass is 10.2. The van der Waals surface area contributed by atoms with Crippen LogP contribution < -0.4 is 0 Å². The largest absolute Gasteiger partial charge is 0.282 e. The highest BCUT2D eigenvalue weighted by Gasteiger charge is 2.25. The number of nitrogens with zero attached hydrogens (tertiary/aromatic N) is 2. The van der Waals surface area contributed by atoms with Gasteiger partial charge < -0.3 is 0 Å². The highest BCUT2D eigenvalue weighted by molar-refractivity contribution is 8.04. The smallest absolute Gasteiger partial charge is 0.146 e. The van der Waals surface area contributed by atoms with Gasteiger partial charge in [0.15, 0.2) is 0 Å². The fourth-order valence-electron chi connectivity index (χ4n) is 0.979. The van der Waals surface area contributed by atoms with Crippen LogP contribution in [0.15, 0.2) is 21.1 Å². The van der Waals surface area contributed by atoms with Crippen molar-refractivity contribution < 1.29 is 0 Å². The molecule has 0 aromatic carbocycles. The zero-order chi connectivity index (χ0) is 6.97. The summed E-state index contributed by atoms with van der Waals surface area (Å²) in [6.45, 7) is 0. The maximum absolute atomic E-state index is 4.29. The van der Waals surface area contributed by atoms with E-state index in [1.165, 1.54) is 0 Å². The van der Waals surface area contributed by atoms with Gasteiger partial charge in [-0.25, -0.2) is 0 Å². The van der Waals surface area contributed by atoms with Gasteiger partial charge in [-0.3, -0.25) is 9.98 Å². The Bertz CT molecular complexity index is 234. The zero-order valence-electron chi connectivity index (χ0n) is 5.27. The quantitative estimate of drug-likeness (QED) is 0.481. The fourth-order valence-corrected chi connectivity index (χ4v) is 2.37. The molecule has 0 saturated heterocycles. The summed E-state index contributed by atoms with van der Waals surface area (Å²) in [5, 5.41) is 2.08. The van der Waals surface area contributed by atoms with Crippen LogP contribution in [-0.2, 0) is 0 Å². The predicted octanol–water partition coefficient (Wildman–Crippen LogP) is 0.593. The van der Waals surface area contributed by atoms with Crippen molar-refractivity contribution >= 4 is 40.5 Å². The van der Waals surface area contributed by atoms with E-state index in [2.05, 4.69) is 31.7 Å². The molecule has 0 aromatic rings. The Labute approximate surface area is 71.9 Å². The van der Waals surface area contributed by atoms with Crippen LogP contribution in [0.3, 0.4) is 0 Å². The molecule has 0 aromatic heterocycles. The van der Waals surface area contributed by atoms with E-state index in [0.29, 0.717) is 10.2 Å². The van der Waals surface area contributed by atoms with Gasteiger partial charge >= 0.3 is 0 Å². The molecule has 0 amide bonds. The highest BCUT2D eigenvalue weighted by Crippen LogP contribution is 2.31. The van der Waals surface area contributed by atoms with Gasteiger partial charge in [-0.2, -0.15) is 0 Å². The third-order valence-electron chi connectivity index (χ3n) is 1.50. The number of thioether (sulfide) groups is 1. The number of hydrogen-bond donors (Lipinski definition) is 0. The van der Waals surface area contributed by atoms with Gasteiger partial charge in [0, 0.05) is 12.4 Å². The van der Waals surface area contributed by atoms with Crippen molar-refractivity contribution in [3.05, 3.63) is 11.1 Å². The van der Waals surface area contributed by atoms with E-state index in [-0.39, 0.29) is 0 Å². The molecule has 2 rings (SSSR count). The molecule has 0 N–H and O–H groups in total. The number of fused-ring (bicyclic) bond motifs is 1. The van der Waals surface area contributed by atoms with Crippen LogP contribution >= 0.6 is 11.8 Å². The van der Waals surface area contributed by atoms with Crippen molar-refractivity contribution in [1.82, 2.24) is 0 Å². The van der Waals surface area contributed by atoms with Crippen molar-refractivity contribution in [2.75, 3.05) is 0 Å². The van der Waals surface area contributed by atoms with E-state index in [9.17, 15) is 0 Å². The Hall–Kier alpha value is -0.0375. The first-order valence-electron chi connectivity index (χ1n) is 3.05. The van der Waals surface area contributed by atoms with Crippen LogP contribution in [0.25, 0.3) is 0 Å². The summed E-state index contributed by atoms with van der Waals surface area (Å²) in [6.07, 6.45) is 3.51. The Kier molecular flexibility index (Phi) is 1.69.